The molecule has 14 heavy (non-hydrogen) atoms. The Balaban J connectivity index is 2.86. The van der Waals surface area contributed by atoms with Crippen molar-refractivity contribution in [2.24, 2.45) is 0 Å². The number of aliphatic hydroxyl groups excluding tert-OH is 1. The molecule has 0 saturated carbocycles. The standard InChI is InChI=1S/C11H13NO2/c1-6-7(2)12-9-4-3-8(5-13)11(14)10(6)9/h3-4,12-14H,5H2,1-2H3. The Morgan fingerprint density at radius 3 is 2.64 bits per heavy atom. The first-order valence-electron chi connectivity index (χ1n) is 4.55. The van der Waals surface area contributed by atoms with E-state index in [4.69, 9.17) is 5.11 Å². The Labute approximate surface area is 82.0 Å². The monoisotopic (exact) mass is 191 g/mol. The van der Waals surface area contributed by atoms with Gasteiger partial charge in [0.15, 0.2) is 0 Å². The highest BCUT2D eigenvalue weighted by molar-refractivity contribution is 5.91. The van der Waals surface area contributed by atoms with Gasteiger partial charge in [-0.2, -0.15) is 0 Å². The van der Waals surface area contributed by atoms with Gasteiger partial charge in [-0.1, -0.05) is 6.07 Å². The van der Waals surface area contributed by atoms with Gasteiger partial charge in [0, 0.05) is 22.2 Å². The molecule has 2 aromatic rings. The van der Waals surface area contributed by atoms with E-state index < -0.39 is 0 Å². The van der Waals surface area contributed by atoms with Crippen LogP contribution in [0, 0.1) is 13.8 Å². The van der Waals surface area contributed by atoms with Crippen molar-refractivity contribution >= 4 is 10.9 Å². The lowest BCUT2D eigenvalue weighted by Crippen LogP contribution is -1.84. The van der Waals surface area contributed by atoms with E-state index in [2.05, 4.69) is 4.98 Å². The number of phenols is 1. The van der Waals surface area contributed by atoms with Crippen LogP contribution in [-0.2, 0) is 6.61 Å². The molecule has 74 valence electrons. The van der Waals surface area contributed by atoms with Crippen molar-refractivity contribution in [2.75, 3.05) is 0 Å². The lowest BCUT2D eigenvalue weighted by Gasteiger charge is -2.02. The number of aliphatic hydroxyl groups is 1. The number of benzene rings is 1. The molecular formula is C11H13NO2. The zero-order chi connectivity index (χ0) is 10.3. The molecular weight excluding hydrogens is 178 g/mol. The lowest BCUT2D eigenvalue weighted by molar-refractivity contribution is 0.276. The summed E-state index contributed by atoms with van der Waals surface area (Å²) in [6.07, 6.45) is 0. The van der Waals surface area contributed by atoms with Gasteiger partial charge in [0.1, 0.15) is 5.75 Å². The number of aromatic amines is 1. The highest BCUT2D eigenvalue weighted by Gasteiger charge is 2.11. The fourth-order valence-corrected chi connectivity index (χ4v) is 1.73. The van der Waals surface area contributed by atoms with Gasteiger partial charge in [0.2, 0.25) is 0 Å². The van der Waals surface area contributed by atoms with Crippen LogP contribution in [0.3, 0.4) is 0 Å². The van der Waals surface area contributed by atoms with Crippen molar-refractivity contribution in [1.82, 2.24) is 4.98 Å². The van der Waals surface area contributed by atoms with Crippen LogP contribution in [-0.4, -0.2) is 15.2 Å². The van der Waals surface area contributed by atoms with Crippen LogP contribution in [0.2, 0.25) is 0 Å². The molecule has 2 rings (SSSR count). The van der Waals surface area contributed by atoms with E-state index in [1.165, 1.54) is 0 Å². The summed E-state index contributed by atoms with van der Waals surface area (Å²) in [6, 6.07) is 3.60. The molecule has 0 fully saturated rings. The average Bonchev–Trinajstić information content (AvgIpc) is 2.44. The smallest absolute Gasteiger partial charge is 0.130 e. The summed E-state index contributed by atoms with van der Waals surface area (Å²) < 4.78 is 0. The number of H-pyrrole nitrogens is 1. The Bertz CT molecular complexity index is 485. The molecule has 3 heteroatoms. The highest BCUT2D eigenvalue weighted by atomic mass is 16.3. The number of rotatable bonds is 1. The van der Waals surface area contributed by atoms with Crippen LogP contribution in [0.1, 0.15) is 16.8 Å². The molecule has 0 unspecified atom stereocenters. The first-order valence-corrected chi connectivity index (χ1v) is 4.55. The molecule has 0 aliphatic rings. The third kappa shape index (κ3) is 1.09. The van der Waals surface area contributed by atoms with Crippen molar-refractivity contribution < 1.29 is 10.2 Å². The Hall–Kier alpha value is -1.48. The molecule has 1 aromatic carbocycles. The number of aromatic hydroxyl groups is 1. The van der Waals surface area contributed by atoms with Gasteiger partial charge in [-0.05, 0) is 25.5 Å². The van der Waals surface area contributed by atoms with Crippen LogP contribution in [0.15, 0.2) is 12.1 Å². The van der Waals surface area contributed by atoms with Gasteiger partial charge in [-0.3, -0.25) is 0 Å². The fourth-order valence-electron chi connectivity index (χ4n) is 1.73. The summed E-state index contributed by atoms with van der Waals surface area (Å²) in [5.41, 5.74) is 3.56. The molecule has 0 aliphatic heterocycles. The van der Waals surface area contributed by atoms with Crippen LogP contribution in [0.25, 0.3) is 10.9 Å². The maximum Gasteiger partial charge on any atom is 0.130 e. The van der Waals surface area contributed by atoms with Gasteiger partial charge >= 0.3 is 0 Å². The zero-order valence-corrected chi connectivity index (χ0v) is 8.26. The van der Waals surface area contributed by atoms with Gasteiger partial charge in [0.25, 0.3) is 0 Å². The summed E-state index contributed by atoms with van der Waals surface area (Å²) in [7, 11) is 0. The minimum atomic E-state index is -0.133. The average molecular weight is 191 g/mol. The minimum absolute atomic E-state index is 0.133. The number of fused-ring (bicyclic) bond motifs is 1. The van der Waals surface area contributed by atoms with E-state index >= 15 is 0 Å². The maximum atomic E-state index is 9.86. The van der Waals surface area contributed by atoms with E-state index in [0.29, 0.717) is 5.56 Å². The molecule has 0 aliphatic carbocycles. The Morgan fingerprint density at radius 2 is 2.00 bits per heavy atom. The topological polar surface area (TPSA) is 56.2 Å². The molecule has 1 aromatic heterocycles. The summed E-state index contributed by atoms with van der Waals surface area (Å²) in [5.74, 6) is 0.187. The van der Waals surface area contributed by atoms with Crippen molar-refractivity contribution in [3.8, 4) is 5.75 Å². The zero-order valence-electron chi connectivity index (χ0n) is 8.26. The molecule has 1 heterocycles. The van der Waals surface area contributed by atoms with Crippen LogP contribution >= 0.6 is 0 Å². The van der Waals surface area contributed by atoms with Crippen molar-refractivity contribution in [2.45, 2.75) is 20.5 Å². The van der Waals surface area contributed by atoms with Crippen LogP contribution in [0.5, 0.6) is 5.75 Å². The largest absolute Gasteiger partial charge is 0.507 e. The normalized spacial score (nSPS) is 11.1. The van der Waals surface area contributed by atoms with Gasteiger partial charge in [-0.25, -0.2) is 0 Å². The third-order valence-electron chi connectivity index (χ3n) is 2.69. The van der Waals surface area contributed by atoms with E-state index in [1.54, 1.807) is 6.07 Å². The fraction of sp³-hybridized carbons (Fsp3) is 0.273. The van der Waals surface area contributed by atoms with Crippen molar-refractivity contribution in [3.63, 3.8) is 0 Å². The van der Waals surface area contributed by atoms with Crippen LogP contribution < -0.4 is 0 Å². The number of hydrogen-bond donors (Lipinski definition) is 3. The Morgan fingerprint density at radius 1 is 1.29 bits per heavy atom. The molecule has 0 spiro atoms. The molecule has 0 saturated heterocycles. The van der Waals surface area contributed by atoms with E-state index in [9.17, 15) is 5.11 Å². The number of nitrogens with one attached hydrogen (secondary N) is 1. The second-order valence-electron chi connectivity index (χ2n) is 3.53. The van der Waals surface area contributed by atoms with E-state index in [-0.39, 0.29) is 12.4 Å². The number of aryl methyl sites for hydroxylation is 2. The number of hydrogen-bond acceptors (Lipinski definition) is 2. The minimum Gasteiger partial charge on any atom is -0.507 e. The molecule has 0 radical (unpaired) electrons. The summed E-state index contributed by atoms with van der Waals surface area (Å²) in [4.78, 5) is 3.18. The first kappa shape index (κ1) is 9.09. The van der Waals surface area contributed by atoms with Crippen molar-refractivity contribution in [3.05, 3.63) is 29.0 Å². The highest BCUT2D eigenvalue weighted by Crippen LogP contribution is 2.32. The quantitative estimate of drug-likeness (QED) is 0.645. The van der Waals surface area contributed by atoms with Gasteiger partial charge < -0.3 is 15.2 Å². The van der Waals surface area contributed by atoms with Gasteiger partial charge in [-0.15, -0.1) is 0 Å². The van der Waals surface area contributed by atoms with Crippen molar-refractivity contribution in [1.29, 1.82) is 0 Å². The predicted octanol–water partition coefficient (Wildman–Crippen LogP) is 1.98. The van der Waals surface area contributed by atoms with Crippen LogP contribution in [0.4, 0.5) is 0 Å². The third-order valence-corrected chi connectivity index (χ3v) is 2.69. The summed E-state index contributed by atoms with van der Waals surface area (Å²) in [6.45, 7) is 3.79. The first-order chi connectivity index (χ1) is 6.65. The second kappa shape index (κ2) is 3.03. The predicted molar refractivity (Wildman–Crippen MR) is 55.4 cm³/mol. The second-order valence-corrected chi connectivity index (χ2v) is 3.53. The van der Waals surface area contributed by atoms with E-state index in [1.807, 2.05) is 19.9 Å². The summed E-state index contributed by atoms with van der Waals surface area (Å²) in [5, 5.41) is 19.7. The lowest BCUT2D eigenvalue weighted by atomic mass is 10.1. The molecule has 0 amide bonds. The molecule has 3 N–H and O–H groups in total. The molecule has 0 bridgehead atoms. The number of aromatic nitrogens is 1. The van der Waals surface area contributed by atoms with E-state index in [0.717, 1.165) is 22.2 Å². The molecule has 3 nitrogen and oxygen atoms in total. The van der Waals surface area contributed by atoms with Gasteiger partial charge in [0.05, 0.1) is 6.61 Å². The molecule has 0 atom stereocenters. The SMILES string of the molecule is Cc1[nH]c2ccc(CO)c(O)c2c1C. The maximum absolute atomic E-state index is 9.86. The summed E-state index contributed by atoms with van der Waals surface area (Å²) >= 11 is 0. The Kier molecular flexibility index (Phi) is 1.97.